The maximum atomic E-state index is 9.78. The van der Waals surface area contributed by atoms with E-state index in [1.54, 1.807) is 0 Å². The first-order chi connectivity index (χ1) is 5.54. The van der Waals surface area contributed by atoms with Crippen LogP contribution in [0.5, 0.6) is 0 Å². The molecular formula is C9H18N2O. The predicted molar refractivity (Wildman–Crippen MR) is 49.0 cm³/mol. The molecular weight excluding hydrogens is 152 g/mol. The third-order valence-corrected chi connectivity index (χ3v) is 2.16. The second-order valence-electron chi connectivity index (χ2n) is 3.80. The van der Waals surface area contributed by atoms with E-state index < -0.39 is 6.23 Å². The maximum Gasteiger partial charge on any atom is 0.148 e. The molecule has 3 nitrogen and oxygen atoms in total. The third-order valence-electron chi connectivity index (χ3n) is 2.16. The number of aliphatic hydroxyl groups is 1. The number of hydrazine groups is 1. The minimum Gasteiger partial charge on any atom is -0.373 e. The van der Waals surface area contributed by atoms with Gasteiger partial charge in [0.15, 0.2) is 0 Å². The fourth-order valence-electron chi connectivity index (χ4n) is 1.35. The van der Waals surface area contributed by atoms with Gasteiger partial charge in [0.1, 0.15) is 6.23 Å². The average Bonchev–Trinajstić information content (AvgIpc) is 2.30. The van der Waals surface area contributed by atoms with Gasteiger partial charge in [0, 0.05) is 12.2 Å². The fraction of sp³-hybridized carbons (Fsp3) is 0.778. The Hall–Kier alpha value is -0.540. The molecule has 1 rings (SSSR count). The standard InChI is InChI=1S/C9H18N2O/c1-6(2)8-5-10-11(7(3)4)9(8)12/h5-7,9-10,12H,1-4H3. The van der Waals surface area contributed by atoms with Crippen LogP contribution in [0.25, 0.3) is 0 Å². The molecule has 0 bridgehead atoms. The van der Waals surface area contributed by atoms with E-state index in [0.29, 0.717) is 12.0 Å². The molecule has 0 saturated carbocycles. The molecule has 1 aliphatic rings. The Morgan fingerprint density at radius 1 is 1.42 bits per heavy atom. The van der Waals surface area contributed by atoms with Gasteiger partial charge in [0.2, 0.25) is 0 Å². The van der Waals surface area contributed by atoms with Crippen LogP contribution in [0.2, 0.25) is 0 Å². The first kappa shape index (κ1) is 9.55. The molecule has 0 amide bonds. The molecule has 1 atom stereocenters. The van der Waals surface area contributed by atoms with Crippen molar-refractivity contribution in [3.05, 3.63) is 11.8 Å². The van der Waals surface area contributed by atoms with Gasteiger partial charge in [-0.2, -0.15) is 5.01 Å². The molecule has 0 aromatic carbocycles. The molecule has 0 spiro atoms. The van der Waals surface area contributed by atoms with Gasteiger partial charge in [-0.25, -0.2) is 0 Å². The second-order valence-corrected chi connectivity index (χ2v) is 3.80. The number of rotatable bonds is 2. The Bertz CT molecular complexity index is 187. The van der Waals surface area contributed by atoms with Gasteiger partial charge < -0.3 is 10.5 Å². The smallest absolute Gasteiger partial charge is 0.148 e. The van der Waals surface area contributed by atoms with Crippen LogP contribution in [-0.4, -0.2) is 22.4 Å². The van der Waals surface area contributed by atoms with E-state index in [1.165, 1.54) is 0 Å². The summed E-state index contributed by atoms with van der Waals surface area (Å²) in [6.45, 7) is 8.27. The summed E-state index contributed by atoms with van der Waals surface area (Å²) in [5.74, 6) is 0.399. The molecule has 70 valence electrons. The van der Waals surface area contributed by atoms with Crippen LogP contribution in [0, 0.1) is 5.92 Å². The Kier molecular flexibility index (Phi) is 2.75. The molecule has 1 heterocycles. The van der Waals surface area contributed by atoms with Crippen LogP contribution >= 0.6 is 0 Å². The van der Waals surface area contributed by atoms with Crippen molar-refractivity contribution in [2.75, 3.05) is 0 Å². The molecule has 0 aromatic heterocycles. The molecule has 0 saturated heterocycles. The van der Waals surface area contributed by atoms with Gasteiger partial charge in [0.25, 0.3) is 0 Å². The normalized spacial score (nSPS) is 24.9. The van der Waals surface area contributed by atoms with Crippen molar-refractivity contribution in [3.63, 3.8) is 0 Å². The van der Waals surface area contributed by atoms with Gasteiger partial charge in [-0.05, 0) is 25.3 Å². The summed E-state index contributed by atoms with van der Waals surface area (Å²) in [6, 6.07) is 0.312. The first-order valence-electron chi connectivity index (χ1n) is 4.46. The largest absolute Gasteiger partial charge is 0.373 e. The summed E-state index contributed by atoms with van der Waals surface area (Å²) in [5.41, 5.74) is 4.12. The quantitative estimate of drug-likeness (QED) is 0.651. The zero-order chi connectivity index (χ0) is 9.30. The minimum absolute atomic E-state index is 0.312. The van der Waals surface area contributed by atoms with Crippen molar-refractivity contribution in [1.82, 2.24) is 10.4 Å². The average molecular weight is 170 g/mol. The Morgan fingerprint density at radius 2 is 2.00 bits per heavy atom. The number of aliphatic hydroxyl groups excluding tert-OH is 1. The lowest BCUT2D eigenvalue weighted by atomic mass is 10.0. The highest BCUT2D eigenvalue weighted by molar-refractivity contribution is 5.13. The molecule has 3 heteroatoms. The van der Waals surface area contributed by atoms with Gasteiger partial charge in [-0.15, -0.1) is 0 Å². The van der Waals surface area contributed by atoms with Crippen LogP contribution in [-0.2, 0) is 0 Å². The Morgan fingerprint density at radius 3 is 2.25 bits per heavy atom. The van der Waals surface area contributed by atoms with Crippen molar-refractivity contribution in [3.8, 4) is 0 Å². The third kappa shape index (κ3) is 1.62. The van der Waals surface area contributed by atoms with Crippen molar-refractivity contribution in [1.29, 1.82) is 0 Å². The minimum atomic E-state index is -0.454. The van der Waals surface area contributed by atoms with Gasteiger partial charge in [0.05, 0.1) is 0 Å². The van der Waals surface area contributed by atoms with Gasteiger partial charge >= 0.3 is 0 Å². The van der Waals surface area contributed by atoms with Crippen LogP contribution in [0.15, 0.2) is 11.8 Å². The molecule has 0 aromatic rings. The number of hydrogen-bond acceptors (Lipinski definition) is 3. The molecule has 0 fully saturated rings. The second kappa shape index (κ2) is 3.46. The van der Waals surface area contributed by atoms with E-state index in [0.717, 1.165) is 5.57 Å². The summed E-state index contributed by atoms with van der Waals surface area (Å²) in [7, 11) is 0. The lowest BCUT2D eigenvalue weighted by Crippen LogP contribution is -2.43. The summed E-state index contributed by atoms with van der Waals surface area (Å²) in [4.78, 5) is 0. The summed E-state index contributed by atoms with van der Waals surface area (Å²) in [6.07, 6.45) is 1.44. The molecule has 1 unspecified atom stereocenters. The molecule has 0 aliphatic carbocycles. The number of nitrogens with one attached hydrogen (secondary N) is 1. The first-order valence-corrected chi connectivity index (χ1v) is 4.46. The summed E-state index contributed by atoms with van der Waals surface area (Å²) < 4.78 is 0. The predicted octanol–water partition coefficient (Wildman–Crippen LogP) is 1.07. The highest BCUT2D eigenvalue weighted by Crippen LogP contribution is 2.21. The van der Waals surface area contributed by atoms with Crippen molar-refractivity contribution < 1.29 is 5.11 Å². The summed E-state index contributed by atoms with van der Waals surface area (Å²) in [5, 5.41) is 11.6. The molecule has 1 aliphatic heterocycles. The van der Waals surface area contributed by atoms with Crippen LogP contribution in [0.4, 0.5) is 0 Å². The van der Waals surface area contributed by atoms with Gasteiger partial charge in [-0.3, -0.25) is 0 Å². The van der Waals surface area contributed by atoms with E-state index in [9.17, 15) is 5.11 Å². The molecule has 12 heavy (non-hydrogen) atoms. The zero-order valence-corrected chi connectivity index (χ0v) is 8.20. The fourth-order valence-corrected chi connectivity index (χ4v) is 1.35. The Balaban J connectivity index is 2.63. The lowest BCUT2D eigenvalue weighted by Gasteiger charge is -2.26. The van der Waals surface area contributed by atoms with Crippen LogP contribution in [0.3, 0.4) is 0 Å². The summed E-state index contributed by atoms with van der Waals surface area (Å²) >= 11 is 0. The maximum absolute atomic E-state index is 9.78. The highest BCUT2D eigenvalue weighted by atomic mass is 16.3. The Labute approximate surface area is 74.0 Å². The molecule has 0 radical (unpaired) electrons. The van der Waals surface area contributed by atoms with E-state index in [-0.39, 0.29) is 0 Å². The lowest BCUT2D eigenvalue weighted by molar-refractivity contribution is -0.00306. The SMILES string of the molecule is CC(C)C1=CNN(C(C)C)C1O. The topological polar surface area (TPSA) is 35.5 Å². The highest BCUT2D eigenvalue weighted by Gasteiger charge is 2.28. The van der Waals surface area contributed by atoms with E-state index in [4.69, 9.17) is 0 Å². The van der Waals surface area contributed by atoms with E-state index in [1.807, 2.05) is 25.1 Å². The van der Waals surface area contributed by atoms with E-state index >= 15 is 0 Å². The van der Waals surface area contributed by atoms with E-state index in [2.05, 4.69) is 19.3 Å². The molecule has 2 N–H and O–H groups in total. The number of hydrogen-bond donors (Lipinski definition) is 2. The number of nitrogens with zero attached hydrogens (tertiary/aromatic N) is 1. The van der Waals surface area contributed by atoms with Gasteiger partial charge in [-0.1, -0.05) is 13.8 Å². The van der Waals surface area contributed by atoms with Crippen molar-refractivity contribution in [2.24, 2.45) is 5.92 Å². The van der Waals surface area contributed by atoms with Crippen molar-refractivity contribution >= 4 is 0 Å². The monoisotopic (exact) mass is 170 g/mol. The van der Waals surface area contributed by atoms with Crippen LogP contribution < -0.4 is 5.43 Å². The van der Waals surface area contributed by atoms with Crippen molar-refractivity contribution in [2.45, 2.75) is 40.0 Å². The van der Waals surface area contributed by atoms with Crippen LogP contribution in [0.1, 0.15) is 27.7 Å². The zero-order valence-electron chi connectivity index (χ0n) is 8.20.